The van der Waals surface area contributed by atoms with Gasteiger partial charge in [-0.1, -0.05) is 54.6 Å². The fourth-order valence-electron chi connectivity index (χ4n) is 3.95. The van der Waals surface area contributed by atoms with Crippen LogP contribution in [0.4, 0.5) is 0 Å². The van der Waals surface area contributed by atoms with Gasteiger partial charge in [0.15, 0.2) is 18.5 Å². The van der Waals surface area contributed by atoms with Gasteiger partial charge < -0.3 is 24.1 Å². The Labute approximate surface area is 230 Å². The number of ether oxygens (including phenoxy) is 4. The van der Waals surface area contributed by atoms with Gasteiger partial charge in [0.1, 0.15) is 18.8 Å². The zero-order valence-electron chi connectivity index (χ0n) is 21.2. The first kappa shape index (κ1) is 28.9. The lowest BCUT2D eigenvalue weighted by molar-refractivity contribution is -0.279. The smallest absolute Gasteiger partial charge is 0.338 e. The summed E-state index contributed by atoms with van der Waals surface area (Å²) in [5.41, 5.74) is 0.422. The summed E-state index contributed by atoms with van der Waals surface area (Å²) in [5.74, 6) is -2.57. The van der Waals surface area contributed by atoms with Crippen LogP contribution >= 0.6 is 0 Å². The molecule has 0 amide bonds. The van der Waals surface area contributed by atoms with E-state index in [0.29, 0.717) is 0 Å². The first-order valence-corrected chi connectivity index (χ1v) is 13.9. The van der Waals surface area contributed by atoms with Gasteiger partial charge in [-0.3, -0.25) is 4.18 Å². The standard InChI is InChI=1S/C28H26O11S/c1-40(33,34)39-22-21(17-35-25(29)18-11-5-2-6-12-18)36-28(32)24(38-27(31)20-15-9-4-10-16-20)23(22)37-26(30)19-13-7-3-8-14-19/h2-16,21-24,28,32H,17H2,1H3. The molecule has 210 valence electrons. The number of esters is 3. The molecule has 0 bridgehead atoms. The minimum absolute atomic E-state index is 0.0989. The summed E-state index contributed by atoms with van der Waals surface area (Å²) in [7, 11) is -4.24. The molecule has 12 heteroatoms. The second-order valence-corrected chi connectivity index (χ2v) is 10.4. The highest BCUT2D eigenvalue weighted by Crippen LogP contribution is 2.30. The number of rotatable bonds is 9. The number of aliphatic hydroxyl groups is 1. The van der Waals surface area contributed by atoms with Crippen molar-refractivity contribution < 1.29 is 51.0 Å². The summed E-state index contributed by atoms with van der Waals surface area (Å²) in [5, 5.41) is 10.9. The van der Waals surface area contributed by atoms with Crippen molar-refractivity contribution in [3.63, 3.8) is 0 Å². The molecule has 0 radical (unpaired) electrons. The Bertz CT molecular complexity index is 1410. The van der Waals surface area contributed by atoms with E-state index < -0.39 is 65.3 Å². The monoisotopic (exact) mass is 570 g/mol. The summed E-state index contributed by atoms with van der Waals surface area (Å²) in [6.45, 7) is -0.594. The Morgan fingerprint density at radius 3 is 1.57 bits per heavy atom. The molecule has 40 heavy (non-hydrogen) atoms. The normalized spacial score (nSPS) is 22.6. The number of carbonyl (C=O) groups excluding carboxylic acids is 3. The fraction of sp³-hybridized carbons (Fsp3) is 0.250. The van der Waals surface area contributed by atoms with Crippen molar-refractivity contribution in [1.82, 2.24) is 0 Å². The third-order valence-electron chi connectivity index (χ3n) is 5.79. The van der Waals surface area contributed by atoms with Crippen molar-refractivity contribution in [2.24, 2.45) is 0 Å². The van der Waals surface area contributed by atoms with Crippen LogP contribution < -0.4 is 0 Å². The molecule has 11 nitrogen and oxygen atoms in total. The maximum absolute atomic E-state index is 13.0. The maximum Gasteiger partial charge on any atom is 0.338 e. The molecule has 1 aliphatic heterocycles. The van der Waals surface area contributed by atoms with Gasteiger partial charge in [-0.15, -0.1) is 0 Å². The number of hydrogen-bond acceptors (Lipinski definition) is 11. The van der Waals surface area contributed by atoms with Crippen LogP contribution in [0.3, 0.4) is 0 Å². The summed E-state index contributed by atoms with van der Waals surface area (Å²) in [6.07, 6.45) is -7.69. The average molecular weight is 571 g/mol. The lowest BCUT2D eigenvalue weighted by atomic mass is 9.98. The van der Waals surface area contributed by atoms with Crippen molar-refractivity contribution in [2.75, 3.05) is 12.9 Å². The highest BCUT2D eigenvalue weighted by Gasteiger charge is 2.52. The lowest BCUT2D eigenvalue weighted by Gasteiger charge is -2.42. The first-order chi connectivity index (χ1) is 19.1. The Morgan fingerprint density at radius 1 is 0.700 bits per heavy atom. The van der Waals surface area contributed by atoms with Gasteiger partial charge >= 0.3 is 17.9 Å². The molecule has 3 aromatic rings. The van der Waals surface area contributed by atoms with E-state index in [-0.39, 0.29) is 16.7 Å². The van der Waals surface area contributed by atoms with Crippen LogP contribution in [0.2, 0.25) is 0 Å². The van der Waals surface area contributed by atoms with E-state index in [0.717, 1.165) is 6.26 Å². The molecule has 0 saturated carbocycles. The van der Waals surface area contributed by atoms with Crippen LogP contribution in [0.5, 0.6) is 0 Å². The molecule has 1 heterocycles. The second kappa shape index (κ2) is 12.8. The molecule has 1 aliphatic rings. The fourth-order valence-corrected chi connectivity index (χ4v) is 4.59. The van der Waals surface area contributed by atoms with Gasteiger partial charge in [-0.2, -0.15) is 8.42 Å². The molecule has 5 atom stereocenters. The highest BCUT2D eigenvalue weighted by atomic mass is 32.2. The van der Waals surface area contributed by atoms with Crippen molar-refractivity contribution in [1.29, 1.82) is 0 Å². The summed E-state index contributed by atoms with van der Waals surface area (Å²) in [6, 6.07) is 23.5. The van der Waals surface area contributed by atoms with Crippen molar-refractivity contribution in [3.8, 4) is 0 Å². The summed E-state index contributed by atoms with van der Waals surface area (Å²) >= 11 is 0. The van der Waals surface area contributed by atoms with Crippen LogP contribution in [-0.4, -0.2) is 75.0 Å². The van der Waals surface area contributed by atoms with Crippen LogP contribution in [0.25, 0.3) is 0 Å². The zero-order chi connectivity index (χ0) is 28.7. The van der Waals surface area contributed by atoms with Gasteiger partial charge in [0.25, 0.3) is 10.1 Å². The Hall–Kier alpha value is -4.10. The van der Waals surface area contributed by atoms with Gasteiger partial charge in [0.05, 0.1) is 22.9 Å². The lowest BCUT2D eigenvalue weighted by Crippen LogP contribution is -2.62. The minimum Gasteiger partial charge on any atom is -0.459 e. The molecule has 4 rings (SSSR count). The summed E-state index contributed by atoms with van der Waals surface area (Å²) in [4.78, 5) is 38.4. The topological polar surface area (TPSA) is 152 Å². The van der Waals surface area contributed by atoms with Gasteiger partial charge in [-0.25, -0.2) is 14.4 Å². The van der Waals surface area contributed by atoms with E-state index >= 15 is 0 Å². The van der Waals surface area contributed by atoms with Crippen molar-refractivity contribution in [3.05, 3.63) is 108 Å². The third kappa shape index (κ3) is 7.51. The quantitative estimate of drug-likeness (QED) is 0.229. The SMILES string of the molecule is CS(=O)(=O)OC1C(COC(=O)c2ccccc2)OC(O)C(OC(=O)c2ccccc2)C1OC(=O)c1ccccc1. The predicted molar refractivity (Wildman–Crippen MR) is 139 cm³/mol. The van der Waals surface area contributed by atoms with Gasteiger partial charge in [-0.05, 0) is 36.4 Å². The largest absolute Gasteiger partial charge is 0.459 e. The molecular formula is C28H26O11S. The van der Waals surface area contributed by atoms with E-state index in [1.54, 1.807) is 54.6 Å². The zero-order valence-corrected chi connectivity index (χ0v) is 22.0. The second-order valence-electron chi connectivity index (χ2n) is 8.77. The van der Waals surface area contributed by atoms with Crippen molar-refractivity contribution in [2.45, 2.75) is 30.7 Å². The molecule has 0 spiro atoms. The number of benzene rings is 3. The van der Waals surface area contributed by atoms with Gasteiger partial charge in [0.2, 0.25) is 0 Å². The highest BCUT2D eigenvalue weighted by molar-refractivity contribution is 7.86. The molecule has 1 fully saturated rings. The van der Waals surface area contributed by atoms with Crippen LogP contribution in [0, 0.1) is 0 Å². The van der Waals surface area contributed by atoms with E-state index in [1.807, 2.05) is 0 Å². The van der Waals surface area contributed by atoms with Crippen molar-refractivity contribution >= 4 is 28.0 Å². The Morgan fingerprint density at radius 2 is 1.12 bits per heavy atom. The third-order valence-corrected chi connectivity index (χ3v) is 6.36. The maximum atomic E-state index is 13.0. The predicted octanol–water partition coefficient (Wildman–Crippen LogP) is 2.36. The molecule has 1 saturated heterocycles. The number of carbonyl (C=O) groups is 3. The molecule has 1 N–H and O–H groups in total. The van der Waals surface area contributed by atoms with Crippen LogP contribution in [-0.2, 0) is 33.2 Å². The van der Waals surface area contributed by atoms with Gasteiger partial charge in [0, 0.05) is 0 Å². The number of aliphatic hydroxyl groups excluding tert-OH is 1. The molecule has 3 aromatic carbocycles. The van der Waals surface area contributed by atoms with E-state index in [2.05, 4.69) is 0 Å². The minimum atomic E-state index is -4.24. The van der Waals surface area contributed by atoms with E-state index in [4.69, 9.17) is 23.1 Å². The molecular weight excluding hydrogens is 544 g/mol. The molecule has 5 unspecified atom stereocenters. The number of hydrogen-bond donors (Lipinski definition) is 1. The van der Waals surface area contributed by atoms with Crippen LogP contribution in [0.1, 0.15) is 31.1 Å². The molecule has 0 aliphatic carbocycles. The Balaban J connectivity index is 1.65. The molecule has 0 aromatic heterocycles. The average Bonchev–Trinajstić information content (AvgIpc) is 2.95. The van der Waals surface area contributed by atoms with E-state index in [1.165, 1.54) is 36.4 Å². The van der Waals surface area contributed by atoms with Crippen LogP contribution in [0.15, 0.2) is 91.0 Å². The summed E-state index contributed by atoms with van der Waals surface area (Å²) < 4.78 is 51.6. The Kier molecular flexibility index (Phi) is 9.27. The van der Waals surface area contributed by atoms with E-state index in [9.17, 15) is 27.9 Å². The first-order valence-electron chi connectivity index (χ1n) is 12.1.